The van der Waals surface area contributed by atoms with E-state index in [1.54, 1.807) is 25.3 Å². The molecular weight excluding hydrogens is 342 g/mol. The third kappa shape index (κ3) is 3.84. The molecule has 1 aliphatic carbocycles. The molecule has 1 N–H and O–H groups in total. The molecule has 6 heteroatoms. The summed E-state index contributed by atoms with van der Waals surface area (Å²) in [6.07, 6.45) is 7.26. The van der Waals surface area contributed by atoms with Gasteiger partial charge >= 0.3 is 0 Å². The van der Waals surface area contributed by atoms with Gasteiger partial charge in [0.25, 0.3) is 0 Å². The Bertz CT molecular complexity index is 598. The lowest BCUT2D eigenvalue weighted by Crippen LogP contribution is -2.29. The van der Waals surface area contributed by atoms with Gasteiger partial charge in [0.2, 0.25) is 10.0 Å². The average molecular weight is 360 g/mol. The standard InChI is InChI=1S/C14H18BrNO3S/c1-19-14-8-7-12(9-13(14)15)20(17,18)16-10-11-5-3-2-4-6-11/h2-3,7-9,11,16H,4-6,10H2,1H3. The minimum Gasteiger partial charge on any atom is -0.496 e. The molecule has 2 rings (SSSR count). The summed E-state index contributed by atoms with van der Waals surface area (Å²) in [5.74, 6) is 0.998. The van der Waals surface area contributed by atoms with Gasteiger partial charge in [0.05, 0.1) is 16.5 Å². The van der Waals surface area contributed by atoms with E-state index in [1.807, 2.05) is 0 Å². The molecule has 1 aliphatic rings. The number of hydrogen-bond acceptors (Lipinski definition) is 3. The predicted octanol–water partition coefficient (Wildman–Crippen LogP) is 3.09. The van der Waals surface area contributed by atoms with Crippen molar-refractivity contribution in [3.05, 3.63) is 34.8 Å². The number of methoxy groups -OCH3 is 1. The number of nitrogens with one attached hydrogen (secondary N) is 1. The molecule has 0 aromatic heterocycles. The van der Waals surface area contributed by atoms with Crippen molar-refractivity contribution in [3.63, 3.8) is 0 Å². The third-order valence-electron chi connectivity index (χ3n) is 3.37. The lowest BCUT2D eigenvalue weighted by atomic mass is 9.95. The van der Waals surface area contributed by atoms with Crippen molar-refractivity contribution in [1.82, 2.24) is 4.72 Å². The van der Waals surface area contributed by atoms with Gasteiger partial charge in [0.15, 0.2) is 0 Å². The molecule has 20 heavy (non-hydrogen) atoms. The van der Waals surface area contributed by atoms with Gasteiger partial charge in [-0.3, -0.25) is 0 Å². The van der Waals surface area contributed by atoms with Crippen molar-refractivity contribution in [1.29, 1.82) is 0 Å². The van der Waals surface area contributed by atoms with Crippen molar-refractivity contribution in [2.45, 2.75) is 24.2 Å². The summed E-state index contributed by atoms with van der Waals surface area (Å²) in [6, 6.07) is 4.75. The molecular formula is C14H18BrNO3S. The molecule has 0 heterocycles. The number of ether oxygens (including phenoxy) is 1. The molecule has 4 nitrogen and oxygen atoms in total. The summed E-state index contributed by atoms with van der Waals surface area (Å²) < 4.78 is 32.9. The minimum absolute atomic E-state index is 0.247. The van der Waals surface area contributed by atoms with Crippen molar-refractivity contribution in [2.24, 2.45) is 5.92 Å². The fourth-order valence-electron chi connectivity index (χ4n) is 2.17. The monoisotopic (exact) mass is 359 g/mol. The lowest BCUT2D eigenvalue weighted by Gasteiger charge is -2.18. The molecule has 0 bridgehead atoms. The van der Waals surface area contributed by atoms with Gasteiger partial charge < -0.3 is 4.74 Å². The van der Waals surface area contributed by atoms with Crippen LogP contribution in [-0.2, 0) is 10.0 Å². The second kappa shape index (κ2) is 6.74. The highest BCUT2D eigenvalue weighted by Crippen LogP contribution is 2.27. The first-order chi connectivity index (χ1) is 9.53. The van der Waals surface area contributed by atoms with E-state index in [2.05, 4.69) is 32.8 Å². The van der Waals surface area contributed by atoms with Gasteiger partial charge in [-0.05, 0) is 59.3 Å². The Morgan fingerprint density at radius 1 is 1.40 bits per heavy atom. The quantitative estimate of drug-likeness (QED) is 0.821. The second-order valence-electron chi connectivity index (χ2n) is 4.80. The number of halogens is 1. The van der Waals surface area contributed by atoms with Gasteiger partial charge in [0, 0.05) is 6.54 Å². The maximum atomic E-state index is 12.2. The van der Waals surface area contributed by atoms with E-state index in [4.69, 9.17) is 4.74 Å². The second-order valence-corrected chi connectivity index (χ2v) is 7.42. The van der Waals surface area contributed by atoms with Crippen LogP contribution in [0, 0.1) is 5.92 Å². The highest BCUT2D eigenvalue weighted by molar-refractivity contribution is 9.10. The summed E-state index contributed by atoms with van der Waals surface area (Å²) >= 11 is 3.30. The molecule has 1 unspecified atom stereocenters. The SMILES string of the molecule is COc1ccc(S(=O)(=O)NCC2CC=CCC2)cc1Br. The molecule has 0 radical (unpaired) electrons. The average Bonchev–Trinajstić information content (AvgIpc) is 2.46. The zero-order chi connectivity index (χ0) is 14.6. The van der Waals surface area contributed by atoms with Crippen LogP contribution < -0.4 is 9.46 Å². The number of hydrogen-bond donors (Lipinski definition) is 1. The Morgan fingerprint density at radius 3 is 2.80 bits per heavy atom. The van der Waals surface area contributed by atoms with Crippen LogP contribution in [0.3, 0.4) is 0 Å². The highest BCUT2D eigenvalue weighted by Gasteiger charge is 2.18. The molecule has 0 spiro atoms. The van der Waals surface area contributed by atoms with Crippen LogP contribution in [0.1, 0.15) is 19.3 Å². The van der Waals surface area contributed by atoms with Crippen LogP contribution in [0.25, 0.3) is 0 Å². The molecule has 1 atom stereocenters. The van der Waals surface area contributed by atoms with E-state index in [9.17, 15) is 8.42 Å². The van der Waals surface area contributed by atoms with Gasteiger partial charge in [-0.25, -0.2) is 13.1 Å². The van der Waals surface area contributed by atoms with Gasteiger partial charge in [0.1, 0.15) is 5.75 Å². The Balaban J connectivity index is 2.06. The highest BCUT2D eigenvalue weighted by atomic mass is 79.9. The lowest BCUT2D eigenvalue weighted by molar-refractivity contribution is 0.411. The van der Waals surface area contributed by atoms with Gasteiger partial charge in [-0.15, -0.1) is 0 Å². The topological polar surface area (TPSA) is 55.4 Å². The fraction of sp³-hybridized carbons (Fsp3) is 0.429. The Hall–Kier alpha value is -0.850. The summed E-state index contributed by atoms with van der Waals surface area (Å²) in [6.45, 7) is 0.482. The first-order valence-corrected chi connectivity index (χ1v) is 8.79. The van der Waals surface area contributed by atoms with E-state index in [1.165, 1.54) is 0 Å². The normalized spacial score (nSPS) is 19.0. The Morgan fingerprint density at radius 2 is 2.20 bits per heavy atom. The van der Waals surface area contributed by atoms with Gasteiger partial charge in [-0.2, -0.15) is 0 Å². The van der Waals surface area contributed by atoms with Crippen LogP contribution in [0.15, 0.2) is 39.7 Å². The van der Waals surface area contributed by atoms with Crippen LogP contribution >= 0.6 is 15.9 Å². The zero-order valence-corrected chi connectivity index (χ0v) is 13.7. The zero-order valence-electron chi connectivity index (χ0n) is 11.3. The summed E-state index contributed by atoms with van der Waals surface area (Å²) in [5, 5.41) is 0. The van der Waals surface area contributed by atoms with Crippen molar-refractivity contribution in [3.8, 4) is 5.75 Å². The minimum atomic E-state index is -3.47. The maximum Gasteiger partial charge on any atom is 0.240 e. The van der Waals surface area contributed by atoms with Crippen LogP contribution in [0.5, 0.6) is 5.75 Å². The summed E-state index contributed by atoms with van der Waals surface area (Å²) in [4.78, 5) is 0.247. The molecule has 1 aromatic rings. The fourth-order valence-corrected chi connectivity index (χ4v) is 4.00. The van der Waals surface area contributed by atoms with Crippen LogP contribution in [0.2, 0.25) is 0 Å². The maximum absolute atomic E-state index is 12.2. The summed E-state index contributed by atoms with van der Waals surface area (Å²) in [5.41, 5.74) is 0. The molecule has 0 amide bonds. The molecule has 0 saturated heterocycles. The van der Waals surface area contributed by atoms with Gasteiger partial charge in [-0.1, -0.05) is 12.2 Å². The van der Waals surface area contributed by atoms with Crippen LogP contribution in [0.4, 0.5) is 0 Å². The third-order valence-corrected chi connectivity index (χ3v) is 5.41. The van der Waals surface area contributed by atoms with Crippen molar-refractivity contribution in [2.75, 3.05) is 13.7 Å². The van der Waals surface area contributed by atoms with E-state index in [0.717, 1.165) is 19.3 Å². The number of benzene rings is 1. The summed E-state index contributed by atoms with van der Waals surface area (Å²) in [7, 11) is -1.92. The molecule has 0 aliphatic heterocycles. The van der Waals surface area contributed by atoms with Crippen molar-refractivity contribution < 1.29 is 13.2 Å². The number of sulfonamides is 1. The predicted molar refractivity (Wildman–Crippen MR) is 82.4 cm³/mol. The first-order valence-electron chi connectivity index (χ1n) is 6.51. The molecule has 110 valence electrons. The van der Waals surface area contributed by atoms with E-state index >= 15 is 0 Å². The molecule has 0 fully saturated rings. The number of rotatable bonds is 5. The van der Waals surface area contributed by atoms with E-state index in [-0.39, 0.29) is 4.90 Å². The Kier molecular flexibility index (Phi) is 5.23. The van der Waals surface area contributed by atoms with Crippen LogP contribution in [-0.4, -0.2) is 22.1 Å². The van der Waals surface area contributed by atoms with E-state index in [0.29, 0.717) is 22.7 Å². The Labute approximate surface area is 128 Å². The molecule has 0 saturated carbocycles. The molecule has 1 aromatic carbocycles. The largest absolute Gasteiger partial charge is 0.496 e. The smallest absolute Gasteiger partial charge is 0.240 e. The van der Waals surface area contributed by atoms with E-state index < -0.39 is 10.0 Å². The number of allylic oxidation sites excluding steroid dienone is 2. The first kappa shape index (κ1) is 15.5. The van der Waals surface area contributed by atoms with Crippen molar-refractivity contribution >= 4 is 26.0 Å².